The number of carbonyl (C=O) groups is 2. The number of hydrogen-bond donors (Lipinski definition) is 0. The van der Waals surface area contributed by atoms with Gasteiger partial charge < -0.3 is 9.16 Å². The minimum absolute atomic E-state index is 0.0424. The van der Waals surface area contributed by atoms with E-state index >= 15 is 0 Å². The minimum Gasteiger partial charge on any atom is -0.460 e. The van der Waals surface area contributed by atoms with E-state index in [0.717, 1.165) is 10.6 Å². The number of sulfonamides is 1. The van der Waals surface area contributed by atoms with Crippen LogP contribution in [0.4, 0.5) is 10.3 Å². The number of hydrogen-bond acceptors (Lipinski definition) is 8. The van der Waals surface area contributed by atoms with Gasteiger partial charge in [-0.05, 0) is 81.2 Å². The van der Waals surface area contributed by atoms with E-state index in [9.17, 15) is 22.4 Å². The molecule has 1 heterocycles. The number of allylic oxidation sites excluding steroid dienone is 1. The SMILES string of the molecule is CC(C)c1nc(N(C)S(C)(=O)=O)nc(-c2ccc(F)cc2)c1C=CC(=O)C[C@@H](CC(=O)OC(C)(C)C)O[Si](C)(C)C(C)(C)C. The number of halogens is 1. The molecule has 44 heavy (non-hydrogen) atoms. The maximum absolute atomic E-state index is 13.8. The van der Waals surface area contributed by atoms with Crippen molar-refractivity contribution in [2.75, 3.05) is 17.6 Å². The fraction of sp³-hybridized carbons (Fsp3) is 0.562. The highest BCUT2D eigenvalue weighted by molar-refractivity contribution is 7.92. The fourth-order valence-corrected chi connectivity index (χ4v) is 5.71. The number of esters is 1. The van der Waals surface area contributed by atoms with Crippen molar-refractivity contribution in [1.82, 2.24) is 9.97 Å². The van der Waals surface area contributed by atoms with Crippen LogP contribution in [0.1, 0.15) is 85.4 Å². The Labute approximate surface area is 263 Å². The van der Waals surface area contributed by atoms with E-state index in [1.807, 2.05) is 13.8 Å². The third-order valence-electron chi connectivity index (χ3n) is 7.35. The highest BCUT2D eigenvalue weighted by atomic mass is 32.2. The summed E-state index contributed by atoms with van der Waals surface area (Å²) in [5, 5.41) is -0.146. The molecule has 0 bridgehead atoms. The standard InChI is InChI=1S/C32H48FN3O6SSi/c1-21(2)28-26(29(22-13-15-23(33)16-14-22)35-30(34-28)36(9)43(10,39)40)18-17-24(37)19-25(20-27(38)41-31(3,4)5)42-44(11,12)32(6,7)8/h13-18,21,25H,19-20H2,1-12H3/t25-/m0/s1. The molecule has 0 spiro atoms. The molecule has 0 amide bonds. The van der Waals surface area contributed by atoms with Crippen LogP contribution >= 0.6 is 0 Å². The van der Waals surface area contributed by atoms with Crippen molar-refractivity contribution in [3.8, 4) is 11.3 Å². The summed E-state index contributed by atoms with van der Waals surface area (Å²) in [7, 11) is -4.67. The van der Waals surface area contributed by atoms with Gasteiger partial charge in [0.05, 0.1) is 30.2 Å². The van der Waals surface area contributed by atoms with Crippen LogP contribution in [0.3, 0.4) is 0 Å². The Balaban J connectivity index is 2.58. The lowest BCUT2D eigenvalue weighted by Gasteiger charge is -2.39. The van der Waals surface area contributed by atoms with E-state index in [1.165, 1.54) is 37.4 Å². The van der Waals surface area contributed by atoms with Crippen LogP contribution in [0.5, 0.6) is 0 Å². The number of ether oxygens (including phenoxy) is 1. The third-order valence-corrected chi connectivity index (χ3v) is 13.0. The van der Waals surface area contributed by atoms with Gasteiger partial charge in [-0.15, -0.1) is 0 Å². The highest BCUT2D eigenvalue weighted by Gasteiger charge is 2.40. The first kappa shape index (κ1) is 37.2. The van der Waals surface area contributed by atoms with Gasteiger partial charge in [0.1, 0.15) is 11.4 Å². The van der Waals surface area contributed by atoms with Gasteiger partial charge in [-0.25, -0.2) is 27.1 Å². The molecule has 0 aliphatic rings. The lowest BCUT2D eigenvalue weighted by molar-refractivity contribution is -0.156. The first-order chi connectivity index (χ1) is 19.9. The molecule has 1 aromatic heterocycles. The normalized spacial score (nSPS) is 13.8. The third kappa shape index (κ3) is 10.6. The van der Waals surface area contributed by atoms with Crippen LogP contribution in [0.15, 0.2) is 30.3 Å². The molecule has 0 aliphatic carbocycles. The number of nitrogens with zero attached hydrogens (tertiary/aromatic N) is 3. The molecule has 0 fully saturated rings. The van der Waals surface area contributed by atoms with Crippen molar-refractivity contribution in [3.05, 3.63) is 47.4 Å². The second-order valence-electron chi connectivity index (χ2n) is 13.9. The van der Waals surface area contributed by atoms with Crippen LogP contribution in [-0.4, -0.2) is 63.5 Å². The molecule has 1 atom stereocenters. The van der Waals surface area contributed by atoms with Gasteiger partial charge in [0.15, 0.2) is 14.1 Å². The second kappa shape index (κ2) is 14.0. The molecule has 0 saturated carbocycles. The van der Waals surface area contributed by atoms with Crippen molar-refractivity contribution in [3.63, 3.8) is 0 Å². The summed E-state index contributed by atoms with van der Waals surface area (Å²) in [6.45, 7) is 19.5. The van der Waals surface area contributed by atoms with Gasteiger partial charge in [0, 0.05) is 24.6 Å². The van der Waals surface area contributed by atoms with Crippen molar-refractivity contribution >= 4 is 42.1 Å². The highest BCUT2D eigenvalue weighted by Crippen LogP contribution is 2.38. The van der Waals surface area contributed by atoms with E-state index in [4.69, 9.17) is 9.16 Å². The first-order valence-corrected chi connectivity index (χ1v) is 19.4. The van der Waals surface area contributed by atoms with E-state index in [2.05, 4.69) is 43.8 Å². The number of carbonyl (C=O) groups excluding carboxylic acids is 2. The first-order valence-electron chi connectivity index (χ1n) is 14.6. The summed E-state index contributed by atoms with van der Waals surface area (Å²) in [4.78, 5) is 35.3. The average molecular weight is 650 g/mol. The van der Waals surface area contributed by atoms with Crippen LogP contribution in [-0.2, 0) is 28.8 Å². The lowest BCUT2D eigenvalue weighted by atomic mass is 9.97. The molecule has 0 N–H and O–H groups in total. The van der Waals surface area contributed by atoms with Gasteiger partial charge in [-0.2, -0.15) is 0 Å². The van der Waals surface area contributed by atoms with Gasteiger partial charge in [-0.3, -0.25) is 9.59 Å². The summed E-state index contributed by atoms with van der Waals surface area (Å²) in [6, 6.07) is 5.64. The Hall–Kier alpha value is -2.96. The van der Waals surface area contributed by atoms with Gasteiger partial charge in [0.2, 0.25) is 16.0 Å². The Morgan fingerprint density at radius 3 is 2.07 bits per heavy atom. The van der Waals surface area contributed by atoms with E-state index in [-0.39, 0.29) is 35.5 Å². The number of ketones is 1. The summed E-state index contributed by atoms with van der Waals surface area (Å²) < 4.78 is 51.4. The summed E-state index contributed by atoms with van der Waals surface area (Å²) in [5.74, 6) is -1.39. The molecule has 1 aromatic carbocycles. The maximum Gasteiger partial charge on any atom is 0.308 e. The monoisotopic (exact) mass is 649 g/mol. The Morgan fingerprint density at radius 1 is 1.02 bits per heavy atom. The van der Waals surface area contributed by atoms with Crippen molar-refractivity contribution in [1.29, 1.82) is 0 Å². The summed E-state index contributed by atoms with van der Waals surface area (Å²) in [6.07, 6.45) is 3.23. The molecule has 9 nitrogen and oxygen atoms in total. The van der Waals surface area contributed by atoms with Crippen LogP contribution in [0.2, 0.25) is 18.1 Å². The fourth-order valence-electron chi connectivity index (χ4n) is 3.98. The molecule has 0 radical (unpaired) electrons. The van der Waals surface area contributed by atoms with E-state index in [1.54, 1.807) is 26.8 Å². The quantitative estimate of drug-likeness (QED) is 0.139. The summed E-state index contributed by atoms with van der Waals surface area (Å²) >= 11 is 0. The van der Waals surface area contributed by atoms with Gasteiger partial charge in [0.25, 0.3) is 0 Å². The zero-order valence-corrected chi connectivity index (χ0v) is 29.9. The Bertz CT molecular complexity index is 1480. The molecule has 2 rings (SSSR count). The Kier molecular flexibility index (Phi) is 11.8. The molecule has 244 valence electrons. The molecule has 12 heteroatoms. The smallest absolute Gasteiger partial charge is 0.308 e. The van der Waals surface area contributed by atoms with Crippen LogP contribution < -0.4 is 4.31 Å². The average Bonchev–Trinajstić information content (AvgIpc) is 2.84. The predicted octanol–water partition coefficient (Wildman–Crippen LogP) is 6.90. The van der Waals surface area contributed by atoms with Crippen LogP contribution in [0, 0.1) is 5.82 Å². The summed E-state index contributed by atoms with van der Waals surface area (Å²) in [5.41, 5.74) is 1.21. The van der Waals surface area contributed by atoms with E-state index in [0.29, 0.717) is 22.5 Å². The molecule has 0 unspecified atom stereocenters. The topological polar surface area (TPSA) is 116 Å². The molecule has 2 aromatic rings. The number of anilines is 1. The van der Waals surface area contributed by atoms with Gasteiger partial charge >= 0.3 is 5.97 Å². The second-order valence-corrected chi connectivity index (χ2v) is 20.6. The zero-order chi connectivity index (χ0) is 33.8. The maximum atomic E-state index is 13.8. The zero-order valence-electron chi connectivity index (χ0n) is 28.1. The van der Waals surface area contributed by atoms with Crippen LogP contribution in [0.25, 0.3) is 17.3 Å². The van der Waals surface area contributed by atoms with Crippen molar-refractivity contribution in [2.45, 2.75) is 104 Å². The van der Waals surface area contributed by atoms with E-state index < -0.39 is 41.8 Å². The molecule has 0 aliphatic heterocycles. The number of benzene rings is 1. The molecular formula is C32H48FN3O6SSi. The Morgan fingerprint density at radius 2 is 1.59 bits per heavy atom. The minimum atomic E-state index is -3.68. The van der Waals surface area contributed by atoms with Gasteiger partial charge in [-0.1, -0.05) is 34.6 Å². The van der Waals surface area contributed by atoms with Crippen molar-refractivity contribution in [2.24, 2.45) is 0 Å². The van der Waals surface area contributed by atoms with Crippen molar-refractivity contribution < 1.29 is 31.6 Å². The number of rotatable bonds is 12. The largest absolute Gasteiger partial charge is 0.460 e. The molecular weight excluding hydrogens is 602 g/mol. The predicted molar refractivity (Wildman–Crippen MR) is 176 cm³/mol. The molecule has 0 saturated heterocycles. The number of aromatic nitrogens is 2. The lowest BCUT2D eigenvalue weighted by Crippen LogP contribution is -2.45.